The van der Waals surface area contributed by atoms with E-state index < -0.39 is 16.1 Å². The zero-order valence-corrected chi connectivity index (χ0v) is 10.5. The molecule has 0 aliphatic carbocycles. The van der Waals surface area contributed by atoms with Crippen LogP contribution >= 0.6 is 0 Å². The van der Waals surface area contributed by atoms with E-state index in [9.17, 15) is 8.42 Å². The van der Waals surface area contributed by atoms with E-state index >= 15 is 0 Å². The van der Waals surface area contributed by atoms with E-state index in [0.717, 1.165) is 0 Å². The first-order valence-electron chi connectivity index (χ1n) is 4.99. The summed E-state index contributed by atoms with van der Waals surface area (Å²) in [6.45, 7) is 1.45. The Morgan fingerprint density at radius 2 is 2.35 bits per heavy atom. The second-order valence-electron chi connectivity index (χ2n) is 3.64. The van der Waals surface area contributed by atoms with E-state index in [1.54, 1.807) is 13.0 Å². The highest BCUT2D eigenvalue weighted by Crippen LogP contribution is 2.06. The van der Waals surface area contributed by atoms with Crippen LogP contribution in [0, 0.1) is 6.92 Å². The summed E-state index contributed by atoms with van der Waals surface area (Å²) in [5.41, 5.74) is 0.323. The first kappa shape index (κ1) is 14.1. The second kappa shape index (κ2) is 6.10. The molecule has 1 aromatic rings. The molecule has 98 valence electrons. The zero-order chi connectivity index (χ0) is 12.9. The number of methoxy groups -OCH3 is 1. The largest absolute Gasteiger partial charge is 0.395 e. The minimum Gasteiger partial charge on any atom is -0.395 e. The van der Waals surface area contributed by atoms with Gasteiger partial charge in [-0.2, -0.15) is 0 Å². The number of rotatable bonds is 7. The van der Waals surface area contributed by atoms with Crippen LogP contribution in [0.15, 0.2) is 10.6 Å². The molecule has 0 spiro atoms. The predicted octanol–water partition coefficient (Wildman–Crippen LogP) is -0.590. The summed E-state index contributed by atoms with van der Waals surface area (Å²) in [6.07, 6.45) is 0. The highest BCUT2D eigenvalue weighted by atomic mass is 32.2. The predicted molar refractivity (Wildman–Crippen MR) is 59.7 cm³/mol. The zero-order valence-electron chi connectivity index (χ0n) is 9.71. The molecule has 8 heteroatoms. The van der Waals surface area contributed by atoms with Crippen LogP contribution in [-0.2, 0) is 20.5 Å². The van der Waals surface area contributed by atoms with E-state index in [0.29, 0.717) is 11.5 Å². The van der Waals surface area contributed by atoms with E-state index in [1.807, 2.05) is 0 Å². The third kappa shape index (κ3) is 4.82. The SMILES string of the molecule is COCC(CO)NS(=O)(=O)Cc1cc(C)on1. The third-order valence-electron chi connectivity index (χ3n) is 1.95. The lowest BCUT2D eigenvalue weighted by atomic mass is 10.4. The van der Waals surface area contributed by atoms with Crippen molar-refractivity contribution in [3.63, 3.8) is 0 Å². The number of hydrogen-bond acceptors (Lipinski definition) is 6. The molecule has 1 atom stereocenters. The molecule has 1 unspecified atom stereocenters. The fourth-order valence-corrected chi connectivity index (χ4v) is 2.56. The maximum absolute atomic E-state index is 11.7. The van der Waals surface area contributed by atoms with Gasteiger partial charge in [0.1, 0.15) is 17.2 Å². The second-order valence-corrected chi connectivity index (χ2v) is 5.39. The van der Waals surface area contributed by atoms with Crippen LogP contribution in [0.2, 0.25) is 0 Å². The highest BCUT2D eigenvalue weighted by molar-refractivity contribution is 7.88. The molecule has 0 bridgehead atoms. The van der Waals surface area contributed by atoms with Gasteiger partial charge in [0.25, 0.3) is 0 Å². The molecule has 0 radical (unpaired) electrons. The van der Waals surface area contributed by atoms with Crippen molar-refractivity contribution in [3.05, 3.63) is 17.5 Å². The lowest BCUT2D eigenvalue weighted by molar-refractivity contribution is 0.139. The van der Waals surface area contributed by atoms with Gasteiger partial charge in [0.15, 0.2) is 0 Å². The summed E-state index contributed by atoms with van der Waals surface area (Å²) in [5.74, 6) is 0.260. The molecule has 0 aliphatic rings. The van der Waals surface area contributed by atoms with Crippen molar-refractivity contribution in [3.8, 4) is 0 Å². The Morgan fingerprint density at radius 3 is 2.82 bits per heavy atom. The first-order chi connectivity index (χ1) is 7.96. The number of aromatic nitrogens is 1. The summed E-state index contributed by atoms with van der Waals surface area (Å²) < 4.78 is 35.3. The molecule has 0 saturated heterocycles. The quantitative estimate of drug-likeness (QED) is 0.682. The molecule has 7 nitrogen and oxygen atoms in total. The van der Waals surface area contributed by atoms with Gasteiger partial charge in [-0.1, -0.05) is 5.16 Å². The molecule has 1 rings (SSSR count). The van der Waals surface area contributed by atoms with Gasteiger partial charge in [0.05, 0.1) is 19.3 Å². The Labute approximate surface area is 99.8 Å². The number of aliphatic hydroxyl groups is 1. The van der Waals surface area contributed by atoms with Crippen LogP contribution in [0.25, 0.3) is 0 Å². The number of ether oxygens (including phenoxy) is 1. The first-order valence-corrected chi connectivity index (χ1v) is 6.64. The molecule has 17 heavy (non-hydrogen) atoms. The fraction of sp³-hybridized carbons (Fsp3) is 0.667. The van der Waals surface area contributed by atoms with Crippen LogP contribution < -0.4 is 4.72 Å². The van der Waals surface area contributed by atoms with Crippen molar-refractivity contribution >= 4 is 10.0 Å². The van der Waals surface area contributed by atoms with E-state index in [1.165, 1.54) is 7.11 Å². The van der Waals surface area contributed by atoms with Crippen LogP contribution in [0.1, 0.15) is 11.5 Å². The average molecular weight is 264 g/mol. The molecule has 0 saturated carbocycles. The fourth-order valence-electron chi connectivity index (χ4n) is 1.30. The van der Waals surface area contributed by atoms with Gasteiger partial charge in [-0.25, -0.2) is 13.1 Å². The summed E-state index contributed by atoms with van der Waals surface area (Å²) in [6, 6.07) is 0.891. The van der Waals surface area contributed by atoms with Crippen LogP contribution in [-0.4, -0.2) is 45.0 Å². The Balaban J connectivity index is 2.62. The third-order valence-corrected chi connectivity index (χ3v) is 3.32. The van der Waals surface area contributed by atoms with Gasteiger partial charge in [0, 0.05) is 13.2 Å². The minimum atomic E-state index is -3.57. The van der Waals surface area contributed by atoms with Crippen molar-refractivity contribution < 1.29 is 22.8 Å². The maximum atomic E-state index is 11.7. The molecular weight excluding hydrogens is 248 g/mol. The van der Waals surface area contributed by atoms with E-state index in [2.05, 4.69) is 9.88 Å². The molecule has 0 amide bonds. The lowest BCUT2D eigenvalue weighted by Gasteiger charge is -2.14. The molecule has 1 aromatic heterocycles. The van der Waals surface area contributed by atoms with Gasteiger partial charge in [0.2, 0.25) is 10.0 Å². The summed E-state index contributed by atoms with van der Waals surface area (Å²) in [7, 11) is -2.14. The van der Waals surface area contributed by atoms with Crippen molar-refractivity contribution in [2.45, 2.75) is 18.7 Å². The number of hydrogen-bond donors (Lipinski definition) is 2. The van der Waals surface area contributed by atoms with E-state index in [4.69, 9.17) is 14.4 Å². The summed E-state index contributed by atoms with van der Waals surface area (Å²) in [5, 5.41) is 12.5. The number of nitrogens with one attached hydrogen (secondary N) is 1. The van der Waals surface area contributed by atoms with Crippen LogP contribution in [0.4, 0.5) is 0 Å². The van der Waals surface area contributed by atoms with Crippen molar-refractivity contribution in [1.82, 2.24) is 9.88 Å². The molecule has 0 aromatic carbocycles. The van der Waals surface area contributed by atoms with Crippen molar-refractivity contribution in [2.24, 2.45) is 0 Å². The van der Waals surface area contributed by atoms with Crippen molar-refractivity contribution in [2.75, 3.05) is 20.3 Å². The standard InChI is InChI=1S/C9H16N2O5S/c1-7-3-8(10-16-7)6-17(13,14)11-9(4-12)5-15-2/h3,9,11-12H,4-6H2,1-2H3. The van der Waals surface area contributed by atoms with Crippen LogP contribution in [0.5, 0.6) is 0 Å². The normalized spacial score (nSPS) is 13.8. The summed E-state index contributed by atoms with van der Waals surface area (Å²) >= 11 is 0. The average Bonchev–Trinajstić information content (AvgIpc) is 2.62. The van der Waals surface area contributed by atoms with Crippen LogP contribution in [0.3, 0.4) is 0 Å². The molecular formula is C9H16N2O5S. The Morgan fingerprint density at radius 1 is 1.65 bits per heavy atom. The summed E-state index contributed by atoms with van der Waals surface area (Å²) in [4.78, 5) is 0. The molecule has 0 fully saturated rings. The molecule has 0 aliphatic heterocycles. The minimum absolute atomic E-state index is 0.105. The van der Waals surface area contributed by atoms with Gasteiger partial charge in [-0.05, 0) is 6.92 Å². The lowest BCUT2D eigenvalue weighted by Crippen LogP contribution is -2.41. The Kier molecular flexibility index (Phi) is 5.06. The number of aliphatic hydroxyl groups excluding tert-OH is 1. The number of sulfonamides is 1. The molecule has 2 N–H and O–H groups in total. The monoisotopic (exact) mass is 264 g/mol. The Hall–Kier alpha value is -0.960. The topological polar surface area (TPSA) is 102 Å². The van der Waals surface area contributed by atoms with Gasteiger partial charge < -0.3 is 14.4 Å². The van der Waals surface area contributed by atoms with Gasteiger partial charge >= 0.3 is 0 Å². The Bertz CT molecular complexity index is 442. The van der Waals surface area contributed by atoms with Gasteiger partial charge in [-0.15, -0.1) is 0 Å². The molecule has 1 heterocycles. The highest BCUT2D eigenvalue weighted by Gasteiger charge is 2.19. The van der Waals surface area contributed by atoms with E-state index in [-0.39, 0.29) is 19.0 Å². The number of nitrogens with zero attached hydrogens (tertiary/aromatic N) is 1. The van der Waals surface area contributed by atoms with Crippen molar-refractivity contribution in [1.29, 1.82) is 0 Å². The van der Waals surface area contributed by atoms with Gasteiger partial charge in [-0.3, -0.25) is 0 Å². The smallest absolute Gasteiger partial charge is 0.217 e. The maximum Gasteiger partial charge on any atom is 0.217 e. The number of aryl methyl sites for hydroxylation is 1.